The Bertz CT molecular complexity index is 376. The van der Waals surface area contributed by atoms with Gasteiger partial charge in [-0.3, -0.25) is 0 Å². The average Bonchev–Trinajstić information content (AvgIpc) is 2.47. The predicted octanol–water partition coefficient (Wildman–Crippen LogP) is 3.79. The van der Waals surface area contributed by atoms with E-state index in [1.807, 2.05) is 6.08 Å². The first-order valence-corrected chi connectivity index (χ1v) is 6.52. The largest absolute Gasteiger partial charge is 0.478 e. The van der Waals surface area contributed by atoms with Gasteiger partial charge in [0.25, 0.3) is 0 Å². The monoisotopic (exact) mass is 234 g/mol. The summed E-state index contributed by atoms with van der Waals surface area (Å²) in [6, 6.07) is 0. The molecule has 2 heteroatoms. The van der Waals surface area contributed by atoms with Crippen LogP contribution in [0, 0.1) is 17.3 Å². The van der Waals surface area contributed by atoms with E-state index >= 15 is 0 Å². The fourth-order valence-electron chi connectivity index (χ4n) is 3.48. The summed E-state index contributed by atoms with van der Waals surface area (Å²) in [6.07, 6.45) is 6.80. The molecule has 0 amide bonds. The maximum Gasteiger partial charge on any atom is 0.331 e. The van der Waals surface area contributed by atoms with Crippen molar-refractivity contribution in [2.45, 2.75) is 46.0 Å². The van der Waals surface area contributed by atoms with E-state index in [4.69, 9.17) is 5.11 Å². The fourth-order valence-corrected chi connectivity index (χ4v) is 3.48. The van der Waals surface area contributed by atoms with E-state index in [1.54, 1.807) is 0 Å². The van der Waals surface area contributed by atoms with E-state index in [2.05, 4.69) is 20.4 Å². The van der Waals surface area contributed by atoms with Crippen LogP contribution in [0.3, 0.4) is 0 Å². The number of carbonyl (C=O) groups is 1. The quantitative estimate of drug-likeness (QED) is 0.701. The van der Waals surface area contributed by atoms with Crippen LogP contribution in [-0.4, -0.2) is 11.1 Å². The third-order valence-electron chi connectivity index (χ3n) is 4.72. The Hall–Kier alpha value is -1.05. The molecule has 0 heterocycles. The van der Waals surface area contributed by atoms with Crippen molar-refractivity contribution in [1.29, 1.82) is 0 Å². The molecule has 1 N–H and O–H groups in total. The molecule has 2 atom stereocenters. The molecule has 0 bridgehead atoms. The zero-order valence-corrected chi connectivity index (χ0v) is 10.8. The molecule has 0 aromatic carbocycles. The highest BCUT2D eigenvalue weighted by molar-refractivity contribution is 5.86. The molecule has 1 saturated carbocycles. The van der Waals surface area contributed by atoms with Crippen molar-refractivity contribution in [3.05, 3.63) is 23.8 Å². The van der Waals surface area contributed by atoms with E-state index in [0.29, 0.717) is 29.2 Å². The summed E-state index contributed by atoms with van der Waals surface area (Å²) in [6.45, 7) is 8.84. The van der Waals surface area contributed by atoms with Gasteiger partial charge in [-0.15, -0.1) is 0 Å². The van der Waals surface area contributed by atoms with Crippen molar-refractivity contribution in [1.82, 2.24) is 0 Å². The molecule has 1 fully saturated rings. The zero-order valence-electron chi connectivity index (χ0n) is 10.8. The Morgan fingerprint density at radius 2 is 2.18 bits per heavy atom. The fraction of sp³-hybridized carbons (Fsp3) is 0.667. The van der Waals surface area contributed by atoms with Crippen molar-refractivity contribution in [2.75, 3.05) is 0 Å². The van der Waals surface area contributed by atoms with Crippen LogP contribution in [0.5, 0.6) is 0 Å². The molecule has 2 rings (SSSR count). The molecule has 0 saturated heterocycles. The molecular formula is C15H22O2. The highest BCUT2D eigenvalue weighted by Gasteiger charge is 2.41. The van der Waals surface area contributed by atoms with Crippen LogP contribution in [0.2, 0.25) is 0 Å². The minimum Gasteiger partial charge on any atom is -0.478 e. The minimum atomic E-state index is -0.743. The van der Waals surface area contributed by atoms with Crippen molar-refractivity contribution in [3.63, 3.8) is 0 Å². The minimum absolute atomic E-state index is 0.327. The van der Waals surface area contributed by atoms with Gasteiger partial charge in [-0.2, -0.15) is 0 Å². The number of rotatable bonds is 1. The Balaban J connectivity index is 2.24. The van der Waals surface area contributed by atoms with E-state index in [9.17, 15) is 4.79 Å². The molecule has 94 valence electrons. The lowest BCUT2D eigenvalue weighted by atomic mass is 9.60. The van der Waals surface area contributed by atoms with Gasteiger partial charge in [-0.25, -0.2) is 4.79 Å². The molecule has 0 spiro atoms. The van der Waals surface area contributed by atoms with E-state index < -0.39 is 5.97 Å². The van der Waals surface area contributed by atoms with Crippen LogP contribution >= 0.6 is 0 Å². The molecular weight excluding hydrogens is 212 g/mol. The molecule has 2 aliphatic rings. The van der Waals surface area contributed by atoms with Crippen LogP contribution in [0.15, 0.2) is 23.8 Å². The van der Waals surface area contributed by atoms with Gasteiger partial charge in [0, 0.05) is 5.57 Å². The van der Waals surface area contributed by atoms with Gasteiger partial charge < -0.3 is 5.11 Å². The molecule has 0 aliphatic heterocycles. The van der Waals surface area contributed by atoms with Gasteiger partial charge in [0.1, 0.15) is 0 Å². The molecule has 2 aliphatic carbocycles. The van der Waals surface area contributed by atoms with E-state index in [0.717, 1.165) is 19.3 Å². The summed E-state index contributed by atoms with van der Waals surface area (Å²) >= 11 is 0. The Morgan fingerprint density at radius 3 is 2.82 bits per heavy atom. The van der Waals surface area contributed by atoms with Crippen molar-refractivity contribution >= 4 is 5.97 Å². The standard InChI is InChI=1S/C15H22O2/c1-10-8-9-15(2,3)13-7-5-11(14(16)17)4-6-12(10)13/h4,12-13H,1,5-9H2,2-3H3,(H,16,17). The van der Waals surface area contributed by atoms with Gasteiger partial charge in [0.15, 0.2) is 0 Å². The molecule has 17 heavy (non-hydrogen) atoms. The molecule has 0 aromatic rings. The Labute approximate surface area is 103 Å². The third kappa shape index (κ3) is 2.31. The normalized spacial score (nSPS) is 32.4. The lowest BCUT2D eigenvalue weighted by molar-refractivity contribution is -0.132. The summed E-state index contributed by atoms with van der Waals surface area (Å²) in [5, 5.41) is 9.10. The van der Waals surface area contributed by atoms with Crippen LogP contribution in [0.4, 0.5) is 0 Å². The Kier molecular flexibility index (Phi) is 3.15. The second-order valence-corrected chi connectivity index (χ2v) is 6.17. The van der Waals surface area contributed by atoms with Crippen molar-refractivity contribution < 1.29 is 9.90 Å². The van der Waals surface area contributed by atoms with Crippen LogP contribution < -0.4 is 0 Å². The SMILES string of the molecule is C=C1CCC(C)(C)C2CCC(C(=O)O)=CCC12. The van der Waals surface area contributed by atoms with Gasteiger partial charge in [-0.05, 0) is 49.4 Å². The number of allylic oxidation sites excluding steroid dienone is 2. The highest BCUT2D eigenvalue weighted by Crippen LogP contribution is 2.50. The number of hydrogen-bond acceptors (Lipinski definition) is 1. The molecule has 0 radical (unpaired) electrons. The summed E-state index contributed by atoms with van der Waals surface area (Å²) in [4.78, 5) is 11.1. The lowest BCUT2D eigenvalue weighted by Gasteiger charge is -2.44. The van der Waals surface area contributed by atoms with E-state index in [1.165, 1.54) is 12.0 Å². The second-order valence-electron chi connectivity index (χ2n) is 6.17. The first kappa shape index (κ1) is 12.4. The topological polar surface area (TPSA) is 37.3 Å². The first-order chi connectivity index (χ1) is 7.92. The maximum atomic E-state index is 11.1. The summed E-state index contributed by atoms with van der Waals surface area (Å²) in [7, 11) is 0. The van der Waals surface area contributed by atoms with Crippen LogP contribution in [0.1, 0.15) is 46.0 Å². The van der Waals surface area contributed by atoms with Gasteiger partial charge >= 0.3 is 5.97 Å². The number of carboxylic acid groups (broad SMARTS) is 1. The van der Waals surface area contributed by atoms with Gasteiger partial charge in [-0.1, -0.05) is 32.1 Å². The number of carboxylic acids is 1. The third-order valence-corrected chi connectivity index (χ3v) is 4.72. The molecule has 2 unspecified atom stereocenters. The molecule has 0 aromatic heterocycles. The first-order valence-electron chi connectivity index (χ1n) is 6.52. The average molecular weight is 234 g/mol. The highest BCUT2D eigenvalue weighted by atomic mass is 16.4. The second kappa shape index (κ2) is 4.32. The Morgan fingerprint density at radius 1 is 1.47 bits per heavy atom. The molecule has 2 nitrogen and oxygen atoms in total. The zero-order chi connectivity index (χ0) is 12.6. The number of aliphatic carboxylic acids is 1. The number of fused-ring (bicyclic) bond motifs is 1. The maximum absolute atomic E-state index is 11.1. The summed E-state index contributed by atoms with van der Waals surface area (Å²) < 4.78 is 0. The van der Waals surface area contributed by atoms with Crippen LogP contribution in [-0.2, 0) is 4.79 Å². The predicted molar refractivity (Wildman–Crippen MR) is 68.7 cm³/mol. The van der Waals surface area contributed by atoms with Crippen molar-refractivity contribution in [2.24, 2.45) is 17.3 Å². The summed E-state index contributed by atoms with van der Waals surface area (Å²) in [5.74, 6) is 0.347. The van der Waals surface area contributed by atoms with Gasteiger partial charge in [0.05, 0.1) is 0 Å². The van der Waals surface area contributed by atoms with Crippen LogP contribution in [0.25, 0.3) is 0 Å². The van der Waals surface area contributed by atoms with E-state index in [-0.39, 0.29) is 0 Å². The lowest BCUT2D eigenvalue weighted by Crippen LogP contribution is -2.35. The summed E-state index contributed by atoms with van der Waals surface area (Å²) in [5.41, 5.74) is 2.26. The van der Waals surface area contributed by atoms with Gasteiger partial charge in [0.2, 0.25) is 0 Å². The number of hydrogen-bond donors (Lipinski definition) is 1. The smallest absolute Gasteiger partial charge is 0.331 e. The van der Waals surface area contributed by atoms with Crippen molar-refractivity contribution in [3.8, 4) is 0 Å².